The van der Waals surface area contributed by atoms with E-state index in [1.54, 1.807) is 24.3 Å². The predicted octanol–water partition coefficient (Wildman–Crippen LogP) is 3.40. The van der Waals surface area contributed by atoms with E-state index in [1.807, 2.05) is 0 Å². The van der Waals surface area contributed by atoms with Crippen LogP contribution in [0.1, 0.15) is 31.7 Å². The smallest absolute Gasteiger partial charge is 0.259 e. The molecule has 220 valence electrons. The Morgan fingerprint density at radius 2 is 1.95 bits per heavy atom. The van der Waals surface area contributed by atoms with Crippen LogP contribution in [0.2, 0.25) is 10.0 Å². The third kappa shape index (κ3) is 6.12. The van der Waals surface area contributed by atoms with Gasteiger partial charge >= 0.3 is 0 Å². The molecular formula is C28H31Cl2FN4O6. The van der Waals surface area contributed by atoms with Crippen molar-refractivity contribution in [1.82, 2.24) is 15.0 Å². The summed E-state index contributed by atoms with van der Waals surface area (Å²) in [6, 6.07) is 9.10. The first-order valence-electron chi connectivity index (χ1n) is 13.3. The first kappa shape index (κ1) is 29.8. The molecule has 5 rings (SSSR count). The van der Waals surface area contributed by atoms with Crippen LogP contribution < -0.4 is 4.90 Å². The van der Waals surface area contributed by atoms with Crippen molar-refractivity contribution in [2.45, 2.75) is 68.3 Å². The second-order valence-electron chi connectivity index (χ2n) is 10.3. The third-order valence-electron chi connectivity index (χ3n) is 7.71. The number of methoxy groups -OCH3 is 1. The molecule has 0 bridgehead atoms. The van der Waals surface area contributed by atoms with Gasteiger partial charge in [-0.25, -0.2) is 9.07 Å². The molecule has 1 aliphatic carbocycles. The maximum atomic E-state index is 14.4. The third-order valence-corrected chi connectivity index (χ3v) is 8.16. The average molecular weight is 609 g/mol. The summed E-state index contributed by atoms with van der Waals surface area (Å²) in [7, 11) is 1.37. The largest absolute Gasteiger partial charge is 0.394 e. The summed E-state index contributed by atoms with van der Waals surface area (Å²) in [5.41, 5.74) is 1.11. The molecule has 1 saturated carbocycles. The van der Waals surface area contributed by atoms with Crippen molar-refractivity contribution in [3.63, 3.8) is 0 Å². The maximum Gasteiger partial charge on any atom is 0.259 e. The molecule has 2 heterocycles. The van der Waals surface area contributed by atoms with E-state index in [0.29, 0.717) is 29.1 Å². The van der Waals surface area contributed by atoms with Crippen LogP contribution in [-0.4, -0.2) is 86.5 Å². The normalized spacial score (nSPS) is 28.4. The quantitative estimate of drug-likeness (QED) is 0.372. The fraction of sp³-hybridized carbons (Fsp3) is 0.464. The van der Waals surface area contributed by atoms with Crippen LogP contribution in [0.5, 0.6) is 0 Å². The van der Waals surface area contributed by atoms with E-state index in [1.165, 1.54) is 35.0 Å². The van der Waals surface area contributed by atoms with Crippen LogP contribution in [0.3, 0.4) is 0 Å². The van der Waals surface area contributed by atoms with E-state index in [2.05, 4.69) is 10.3 Å². The monoisotopic (exact) mass is 608 g/mol. The van der Waals surface area contributed by atoms with Crippen molar-refractivity contribution in [3.8, 4) is 11.3 Å². The lowest BCUT2D eigenvalue weighted by Crippen LogP contribution is -2.63. The number of ether oxygens (including phenoxy) is 2. The Labute approximate surface area is 246 Å². The summed E-state index contributed by atoms with van der Waals surface area (Å²) in [5, 5.41) is 41.1. The molecule has 3 aromatic rings. The molecule has 2 fully saturated rings. The highest BCUT2D eigenvalue weighted by atomic mass is 35.5. The summed E-state index contributed by atoms with van der Waals surface area (Å²) >= 11 is 12.3. The summed E-state index contributed by atoms with van der Waals surface area (Å²) in [6.45, 7) is -0.595. The van der Waals surface area contributed by atoms with Crippen molar-refractivity contribution < 1.29 is 34.0 Å². The minimum atomic E-state index is -1.35. The van der Waals surface area contributed by atoms with Gasteiger partial charge in [-0.05, 0) is 49.2 Å². The second-order valence-corrected chi connectivity index (χ2v) is 11.2. The molecule has 2 aromatic carbocycles. The van der Waals surface area contributed by atoms with Crippen LogP contribution in [-0.2, 0) is 14.3 Å². The summed E-state index contributed by atoms with van der Waals surface area (Å²) in [5.74, 6) is -1.09. The van der Waals surface area contributed by atoms with Crippen LogP contribution in [0, 0.1) is 5.82 Å². The highest BCUT2D eigenvalue weighted by Crippen LogP contribution is 2.37. The number of hydrogen-bond acceptors (Lipinski definition) is 8. The number of amides is 1. The molecule has 0 spiro atoms. The minimum Gasteiger partial charge on any atom is -0.394 e. The number of halogens is 3. The first-order chi connectivity index (χ1) is 19.7. The number of hydrogen-bond donors (Lipinski definition) is 3. The Balaban J connectivity index is 1.53. The number of aliphatic hydroxyl groups excluding tert-OH is 3. The highest BCUT2D eigenvalue weighted by molar-refractivity contribution is 6.31. The van der Waals surface area contributed by atoms with Gasteiger partial charge in [-0.3, -0.25) is 4.79 Å². The molecular weight excluding hydrogens is 578 g/mol. The average Bonchev–Trinajstić information content (AvgIpc) is 3.43. The maximum absolute atomic E-state index is 14.4. The number of nitrogens with zero attached hydrogens (tertiary/aromatic N) is 4. The Bertz CT molecular complexity index is 1360. The lowest BCUT2D eigenvalue weighted by molar-refractivity contribution is -0.211. The van der Waals surface area contributed by atoms with Gasteiger partial charge in [0.2, 0.25) is 0 Å². The van der Waals surface area contributed by atoms with Gasteiger partial charge < -0.3 is 29.7 Å². The molecule has 1 aromatic heterocycles. The first-order valence-corrected chi connectivity index (χ1v) is 14.1. The number of benzene rings is 2. The van der Waals surface area contributed by atoms with E-state index < -0.39 is 60.9 Å². The van der Waals surface area contributed by atoms with Gasteiger partial charge in [0.25, 0.3) is 5.91 Å². The van der Waals surface area contributed by atoms with E-state index in [0.717, 1.165) is 18.9 Å². The van der Waals surface area contributed by atoms with Crippen molar-refractivity contribution in [2.24, 2.45) is 0 Å². The molecule has 0 radical (unpaired) electrons. The molecule has 3 N–H and O–H groups in total. The fourth-order valence-electron chi connectivity index (χ4n) is 5.75. The molecule has 1 aliphatic heterocycles. The zero-order valence-electron chi connectivity index (χ0n) is 22.2. The van der Waals surface area contributed by atoms with Crippen LogP contribution in [0.15, 0.2) is 48.7 Å². The number of carbonyl (C=O) groups is 1. The summed E-state index contributed by atoms with van der Waals surface area (Å²) < 4.78 is 27.1. The van der Waals surface area contributed by atoms with E-state index >= 15 is 0 Å². The SMILES string of the molecule is CO[C@@H]1[C@@H](n2cc(-c3cc(F)cc(Cl)c3)nn2)[C@@H](O)[C@@H](CO)O[C@H]1C(=O)N(c1cccc(Cl)c1)[C@H]1CCCC[C@@H]1O. The Morgan fingerprint density at radius 1 is 1.17 bits per heavy atom. The summed E-state index contributed by atoms with van der Waals surface area (Å²) in [4.78, 5) is 15.9. The van der Waals surface area contributed by atoms with Crippen LogP contribution in [0.25, 0.3) is 11.3 Å². The number of aliphatic hydroxyl groups is 3. The Hall–Kier alpha value is -2.64. The van der Waals surface area contributed by atoms with Crippen molar-refractivity contribution in [2.75, 3.05) is 18.6 Å². The van der Waals surface area contributed by atoms with Gasteiger partial charge in [0.1, 0.15) is 35.9 Å². The molecule has 13 heteroatoms. The fourth-order valence-corrected chi connectivity index (χ4v) is 6.16. The van der Waals surface area contributed by atoms with Gasteiger partial charge in [-0.1, -0.05) is 47.3 Å². The lowest BCUT2D eigenvalue weighted by atomic mass is 9.88. The van der Waals surface area contributed by atoms with Crippen molar-refractivity contribution >= 4 is 34.8 Å². The van der Waals surface area contributed by atoms with Gasteiger partial charge in [0.15, 0.2) is 6.10 Å². The van der Waals surface area contributed by atoms with E-state index in [9.17, 15) is 24.5 Å². The lowest BCUT2D eigenvalue weighted by Gasteiger charge is -2.46. The van der Waals surface area contributed by atoms with Crippen molar-refractivity contribution in [3.05, 3.63) is 64.5 Å². The molecule has 10 nitrogen and oxygen atoms in total. The molecule has 1 amide bonds. The number of anilines is 1. The van der Waals surface area contributed by atoms with Crippen LogP contribution >= 0.6 is 23.2 Å². The van der Waals surface area contributed by atoms with Gasteiger partial charge in [0.05, 0.1) is 24.9 Å². The highest BCUT2D eigenvalue weighted by Gasteiger charge is 2.52. The number of aromatic nitrogens is 3. The summed E-state index contributed by atoms with van der Waals surface area (Å²) in [6.07, 6.45) is -1.48. The minimum absolute atomic E-state index is 0.174. The zero-order valence-corrected chi connectivity index (χ0v) is 23.7. The number of rotatable bonds is 7. The van der Waals surface area contributed by atoms with E-state index in [4.69, 9.17) is 32.7 Å². The predicted molar refractivity (Wildman–Crippen MR) is 149 cm³/mol. The molecule has 0 unspecified atom stereocenters. The molecule has 41 heavy (non-hydrogen) atoms. The van der Waals surface area contributed by atoms with E-state index in [-0.39, 0.29) is 10.7 Å². The Kier molecular flexibility index (Phi) is 9.24. The van der Waals surface area contributed by atoms with Gasteiger partial charge in [-0.2, -0.15) is 0 Å². The van der Waals surface area contributed by atoms with Crippen molar-refractivity contribution in [1.29, 1.82) is 0 Å². The standard InChI is InChI=1S/C28H31Cl2FN4O6/c1-40-26-24(34-13-20(32-33-34)15-9-17(30)11-18(31)10-15)25(38)23(14-36)41-27(26)28(39)35(19-6-4-5-16(29)12-19)21-7-2-3-8-22(21)37/h4-6,9-13,21-27,36-38H,2-3,7-8,14H2,1H3/t21-,22-,23+,24-,25-,26+,27+/m0/s1. The molecule has 1 saturated heterocycles. The Morgan fingerprint density at radius 3 is 2.63 bits per heavy atom. The van der Waals surface area contributed by atoms with Gasteiger partial charge in [0, 0.05) is 28.4 Å². The van der Waals surface area contributed by atoms with Gasteiger partial charge in [-0.15, -0.1) is 5.10 Å². The molecule has 7 atom stereocenters. The second kappa shape index (κ2) is 12.7. The molecule has 2 aliphatic rings. The van der Waals surface area contributed by atoms with Crippen LogP contribution in [0.4, 0.5) is 10.1 Å². The topological polar surface area (TPSA) is 130 Å². The number of carbonyl (C=O) groups excluding carboxylic acids is 1. The zero-order chi connectivity index (χ0) is 29.3.